The quantitative estimate of drug-likeness (QED) is 0.424. The summed E-state index contributed by atoms with van der Waals surface area (Å²) in [5.41, 5.74) is 2.91. The number of nitrogens with one attached hydrogen (secondary N) is 1. The van der Waals surface area contributed by atoms with E-state index in [1.165, 1.54) is 19.3 Å². The van der Waals surface area contributed by atoms with E-state index >= 15 is 0 Å². The zero-order chi connectivity index (χ0) is 12.6. The summed E-state index contributed by atoms with van der Waals surface area (Å²) in [6, 6.07) is 0.226. The maximum Gasteiger partial charge on any atom is 0.0848 e. The summed E-state index contributed by atoms with van der Waals surface area (Å²) in [6.45, 7) is 4.71. The molecule has 1 aliphatic rings. The maximum atomic E-state index is 6.06. The van der Waals surface area contributed by atoms with Gasteiger partial charge in [0.2, 0.25) is 0 Å². The first-order valence-corrected chi connectivity index (χ1v) is 6.78. The van der Waals surface area contributed by atoms with Crippen molar-refractivity contribution in [2.24, 2.45) is 5.84 Å². The van der Waals surface area contributed by atoms with Gasteiger partial charge >= 0.3 is 0 Å². The SMILES string of the molecule is CC#CCCC(NN)C1(OCC)CCCCC1. The van der Waals surface area contributed by atoms with E-state index in [0.29, 0.717) is 0 Å². The summed E-state index contributed by atoms with van der Waals surface area (Å²) in [7, 11) is 0. The molecule has 0 aromatic heterocycles. The van der Waals surface area contributed by atoms with Gasteiger partial charge in [-0.2, -0.15) is 0 Å². The molecule has 1 aliphatic carbocycles. The first-order valence-electron chi connectivity index (χ1n) is 6.78. The number of hydrogen-bond acceptors (Lipinski definition) is 3. The van der Waals surface area contributed by atoms with Crippen LogP contribution >= 0.6 is 0 Å². The number of hydrazine groups is 1. The summed E-state index contributed by atoms with van der Waals surface area (Å²) >= 11 is 0. The lowest BCUT2D eigenvalue weighted by Crippen LogP contribution is -2.55. The highest BCUT2D eigenvalue weighted by Crippen LogP contribution is 2.35. The maximum absolute atomic E-state index is 6.06. The van der Waals surface area contributed by atoms with Gasteiger partial charge in [-0.25, -0.2) is 0 Å². The molecule has 0 radical (unpaired) electrons. The highest BCUT2D eigenvalue weighted by molar-refractivity contribution is 5.00. The minimum absolute atomic E-state index is 0.0584. The molecule has 1 saturated carbocycles. The fourth-order valence-corrected chi connectivity index (χ4v) is 2.87. The second-order valence-corrected chi connectivity index (χ2v) is 4.74. The lowest BCUT2D eigenvalue weighted by molar-refractivity contribution is -0.0912. The van der Waals surface area contributed by atoms with Crippen LogP contribution in [0.2, 0.25) is 0 Å². The van der Waals surface area contributed by atoms with Gasteiger partial charge in [-0.1, -0.05) is 19.3 Å². The van der Waals surface area contributed by atoms with Gasteiger partial charge in [0.15, 0.2) is 0 Å². The van der Waals surface area contributed by atoms with Crippen LogP contribution < -0.4 is 11.3 Å². The first kappa shape index (κ1) is 14.5. The van der Waals surface area contributed by atoms with Crippen molar-refractivity contribution in [1.29, 1.82) is 0 Å². The molecule has 1 rings (SSSR count). The van der Waals surface area contributed by atoms with Crippen molar-refractivity contribution >= 4 is 0 Å². The standard InChI is InChI=1S/C14H26N2O/c1-3-5-7-10-13(16-15)14(17-4-2)11-8-6-9-12-14/h13,16H,4,6-12,15H2,1-2H3. The summed E-state index contributed by atoms with van der Waals surface area (Å²) in [5, 5.41) is 0. The third-order valence-electron chi connectivity index (χ3n) is 3.70. The summed E-state index contributed by atoms with van der Waals surface area (Å²) in [6.07, 6.45) is 7.91. The number of rotatable bonds is 6. The van der Waals surface area contributed by atoms with Gasteiger partial charge in [0, 0.05) is 13.0 Å². The van der Waals surface area contributed by atoms with Crippen LogP contribution in [0.3, 0.4) is 0 Å². The molecule has 0 aromatic rings. The van der Waals surface area contributed by atoms with Gasteiger partial charge in [-0.05, 0) is 33.1 Å². The third-order valence-corrected chi connectivity index (χ3v) is 3.70. The Morgan fingerprint density at radius 2 is 2.06 bits per heavy atom. The molecule has 3 N–H and O–H groups in total. The normalized spacial score (nSPS) is 20.4. The molecule has 98 valence electrons. The van der Waals surface area contributed by atoms with Gasteiger partial charge in [0.05, 0.1) is 11.6 Å². The lowest BCUT2D eigenvalue weighted by atomic mass is 9.78. The predicted molar refractivity (Wildman–Crippen MR) is 71.2 cm³/mol. The number of ether oxygens (including phenoxy) is 1. The van der Waals surface area contributed by atoms with Crippen molar-refractivity contribution in [3.8, 4) is 11.8 Å². The Bertz CT molecular complexity index is 256. The molecule has 3 nitrogen and oxygen atoms in total. The molecule has 1 atom stereocenters. The van der Waals surface area contributed by atoms with E-state index in [1.807, 2.05) is 6.92 Å². The largest absolute Gasteiger partial charge is 0.374 e. The van der Waals surface area contributed by atoms with Crippen LogP contribution in [0.5, 0.6) is 0 Å². The number of nitrogens with two attached hydrogens (primary N) is 1. The lowest BCUT2D eigenvalue weighted by Gasteiger charge is -2.43. The van der Waals surface area contributed by atoms with Crippen molar-refractivity contribution < 1.29 is 4.74 Å². The van der Waals surface area contributed by atoms with Crippen molar-refractivity contribution in [3.05, 3.63) is 0 Å². The van der Waals surface area contributed by atoms with Crippen molar-refractivity contribution in [2.45, 2.75) is 70.4 Å². The van der Waals surface area contributed by atoms with E-state index in [9.17, 15) is 0 Å². The fraction of sp³-hybridized carbons (Fsp3) is 0.857. The molecule has 17 heavy (non-hydrogen) atoms. The molecular weight excluding hydrogens is 212 g/mol. The first-order chi connectivity index (χ1) is 8.29. The molecule has 3 heteroatoms. The zero-order valence-corrected chi connectivity index (χ0v) is 11.2. The molecule has 1 fully saturated rings. The second-order valence-electron chi connectivity index (χ2n) is 4.74. The molecule has 0 spiro atoms. The average molecular weight is 238 g/mol. The summed E-state index contributed by atoms with van der Waals surface area (Å²) in [4.78, 5) is 0. The average Bonchev–Trinajstić information content (AvgIpc) is 2.36. The number of hydrogen-bond donors (Lipinski definition) is 2. The fourth-order valence-electron chi connectivity index (χ4n) is 2.87. The Balaban J connectivity index is 2.65. The molecule has 0 heterocycles. The second kappa shape index (κ2) is 7.71. The summed E-state index contributed by atoms with van der Waals surface area (Å²) < 4.78 is 6.06. The Labute approximate surface area is 105 Å². The van der Waals surface area contributed by atoms with Gasteiger partial charge in [-0.3, -0.25) is 11.3 Å². The van der Waals surface area contributed by atoms with Crippen molar-refractivity contribution in [3.63, 3.8) is 0 Å². The Morgan fingerprint density at radius 3 is 2.59 bits per heavy atom. The smallest absolute Gasteiger partial charge is 0.0848 e. The van der Waals surface area contributed by atoms with Crippen LogP contribution in [-0.2, 0) is 4.74 Å². The molecule has 0 aliphatic heterocycles. The van der Waals surface area contributed by atoms with Crippen molar-refractivity contribution in [2.75, 3.05) is 6.61 Å². The van der Waals surface area contributed by atoms with Crippen LogP contribution in [0, 0.1) is 11.8 Å². The van der Waals surface area contributed by atoms with Gasteiger partial charge in [0.25, 0.3) is 0 Å². The molecular formula is C14H26N2O. The van der Waals surface area contributed by atoms with Crippen LogP contribution in [-0.4, -0.2) is 18.2 Å². The van der Waals surface area contributed by atoms with E-state index in [0.717, 1.165) is 32.3 Å². The topological polar surface area (TPSA) is 47.3 Å². The molecule has 0 amide bonds. The Kier molecular flexibility index (Phi) is 6.57. The zero-order valence-electron chi connectivity index (χ0n) is 11.2. The van der Waals surface area contributed by atoms with Crippen LogP contribution in [0.4, 0.5) is 0 Å². The van der Waals surface area contributed by atoms with Gasteiger partial charge in [-0.15, -0.1) is 11.8 Å². The van der Waals surface area contributed by atoms with Crippen LogP contribution in [0.15, 0.2) is 0 Å². The monoisotopic (exact) mass is 238 g/mol. The minimum atomic E-state index is -0.0584. The van der Waals surface area contributed by atoms with Gasteiger partial charge < -0.3 is 4.74 Å². The van der Waals surface area contributed by atoms with E-state index < -0.39 is 0 Å². The van der Waals surface area contributed by atoms with E-state index in [-0.39, 0.29) is 11.6 Å². The van der Waals surface area contributed by atoms with E-state index in [2.05, 4.69) is 24.2 Å². The highest BCUT2D eigenvalue weighted by Gasteiger charge is 2.39. The Hall–Kier alpha value is -0.560. The molecule has 1 unspecified atom stereocenters. The minimum Gasteiger partial charge on any atom is -0.374 e. The third kappa shape index (κ3) is 3.99. The molecule has 0 bridgehead atoms. The predicted octanol–water partition coefficient (Wildman–Crippen LogP) is 2.36. The molecule has 0 saturated heterocycles. The molecule has 0 aromatic carbocycles. The van der Waals surface area contributed by atoms with Crippen LogP contribution in [0.25, 0.3) is 0 Å². The van der Waals surface area contributed by atoms with Crippen LogP contribution in [0.1, 0.15) is 58.8 Å². The van der Waals surface area contributed by atoms with E-state index in [4.69, 9.17) is 10.6 Å². The Morgan fingerprint density at radius 1 is 1.35 bits per heavy atom. The summed E-state index contributed by atoms with van der Waals surface area (Å²) in [5.74, 6) is 11.8. The van der Waals surface area contributed by atoms with Crippen molar-refractivity contribution in [1.82, 2.24) is 5.43 Å². The van der Waals surface area contributed by atoms with E-state index in [1.54, 1.807) is 0 Å². The highest BCUT2D eigenvalue weighted by atomic mass is 16.5. The van der Waals surface area contributed by atoms with Gasteiger partial charge in [0.1, 0.15) is 0 Å².